The number of rotatable bonds is 7. The van der Waals surface area contributed by atoms with Crippen LogP contribution in [0.2, 0.25) is 5.02 Å². The summed E-state index contributed by atoms with van der Waals surface area (Å²) in [6, 6.07) is 14.8. The smallest absolute Gasteiger partial charge is 0.238 e. The van der Waals surface area contributed by atoms with E-state index in [1.807, 2.05) is 30.3 Å². The molecule has 0 spiro atoms. The number of hydrazine groups is 1. The highest BCUT2D eigenvalue weighted by molar-refractivity contribution is 6.31. The first-order valence-corrected chi connectivity index (χ1v) is 9.00. The van der Waals surface area contributed by atoms with Crippen molar-refractivity contribution in [1.82, 2.24) is 10.9 Å². The van der Waals surface area contributed by atoms with Gasteiger partial charge < -0.3 is 5.32 Å². The Morgan fingerprint density at radius 3 is 2.15 bits per heavy atom. The van der Waals surface area contributed by atoms with E-state index in [9.17, 15) is 14.4 Å². The molecule has 27 heavy (non-hydrogen) atoms. The van der Waals surface area contributed by atoms with Gasteiger partial charge in [-0.2, -0.15) is 0 Å². The molecule has 0 aliphatic rings. The van der Waals surface area contributed by atoms with Crippen molar-refractivity contribution in [2.75, 3.05) is 5.32 Å². The lowest BCUT2D eigenvalue weighted by atomic mass is 10.1. The molecule has 2 aromatic carbocycles. The number of halogens is 1. The third-order valence-corrected chi connectivity index (χ3v) is 4.36. The zero-order chi connectivity index (χ0) is 19.6. The van der Waals surface area contributed by atoms with Crippen LogP contribution >= 0.6 is 11.6 Å². The number of anilines is 1. The highest BCUT2D eigenvalue weighted by atomic mass is 35.5. The van der Waals surface area contributed by atoms with Gasteiger partial charge in [-0.05, 0) is 36.6 Å². The summed E-state index contributed by atoms with van der Waals surface area (Å²) >= 11 is 6.00. The Morgan fingerprint density at radius 2 is 1.44 bits per heavy atom. The first-order chi connectivity index (χ1) is 13.0. The molecule has 7 heteroatoms. The van der Waals surface area contributed by atoms with Crippen molar-refractivity contribution in [1.29, 1.82) is 0 Å². The fraction of sp³-hybridized carbons (Fsp3) is 0.250. The van der Waals surface area contributed by atoms with Gasteiger partial charge in [0, 0.05) is 30.0 Å². The van der Waals surface area contributed by atoms with E-state index in [-0.39, 0.29) is 31.1 Å². The average Bonchev–Trinajstić information content (AvgIpc) is 2.67. The molecular weight excluding hydrogens is 366 g/mol. The van der Waals surface area contributed by atoms with Crippen LogP contribution in [0.3, 0.4) is 0 Å². The first kappa shape index (κ1) is 20.5. The Morgan fingerprint density at radius 1 is 0.815 bits per heavy atom. The van der Waals surface area contributed by atoms with E-state index in [4.69, 9.17) is 11.6 Å². The Kier molecular flexibility index (Phi) is 7.82. The second-order valence-corrected chi connectivity index (χ2v) is 6.45. The summed E-state index contributed by atoms with van der Waals surface area (Å²) in [5, 5.41) is 3.28. The molecule has 0 saturated carbocycles. The summed E-state index contributed by atoms with van der Waals surface area (Å²) < 4.78 is 0. The molecule has 6 nitrogen and oxygen atoms in total. The largest absolute Gasteiger partial charge is 0.326 e. The molecule has 2 aromatic rings. The fourth-order valence-corrected chi connectivity index (χ4v) is 2.52. The normalized spacial score (nSPS) is 10.1. The monoisotopic (exact) mass is 387 g/mol. The van der Waals surface area contributed by atoms with Crippen molar-refractivity contribution >= 4 is 35.0 Å². The maximum absolute atomic E-state index is 12.0. The molecule has 0 aliphatic carbocycles. The summed E-state index contributed by atoms with van der Waals surface area (Å²) in [5.41, 5.74) is 7.10. The van der Waals surface area contributed by atoms with Crippen molar-refractivity contribution < 1.29 is 14.4 Å². The van der Waals surface area contributed by atoms with E-state index in [1.54, 1.807) is 25.1 Å². The van der Waals surface area contributed by atoms with Gasteiger partial charge in [0.05, 0.1) is 0 Å². The predicted molar refractivity (Wildman–Crippen MR) is 105 cm³/mol. The van der Waals surface area contributed by atoms with E-state index in [0.29, 0.717) is 17.1 Å². The third-order valence-electron chi connectivity index (χ3n) is 3.95. The molecule has 0 saturated heterocycles. The van der Waals surface area contributed by atoms with Gasteiger partial charge in [-0.1, -0.05) is 48.0 Å². The van der Waals surface area contributed by atoms with Crippen LogP contribution in [0.25, 0.3) is 0 Å². The van der Waals surface area contributed by atoms with Crippen LogP contribution in [0.4, 0.5) is 5.69 Å². The van der Waals surface area contributed by atoms with Crippen LogP contribution in [0.5, 0.6) is 0 Å². The third kappa shape index (κ3) is 7.11. The maximum atomic E-state index is 12.0. The minimum Gasteiger partial charge on any atom is -0.326 e. The molecule has 0 aliphatic heterocycles. The van der Waals surface area contributed by atoms with Gasteiger partial charge in [0.1, 0.15) is 0 Å². The minimum atomic E-state index is -0.430. The molecule has 3 amide bonds. The fourth-order valence-electron chi connectivity index (χ4n) is 2.35. The van der Waals surface area contributed by atoms with Gasteiger partial charge in [0.15, 0.2) is 0 Å². The molecule has 0 fully saturated rings. The minimum absolute atomic E-state index is 0.00231. The Hall–Kier alpha value is -2.86. The topological polar surface area (TPSA) is 87.3 Å². The Balaban J connectivity index is 1.66. The Labute approximate surface area is 163 Å². The molecule has 0 heterocycles. The van der Waals surface area contributed by atoms with E-state index in [0.717, 1.165) is 11.1 Å². The summed E-state index contributed by atoms with van der Waals surface area (Å²) in [6.45, 7) is 1.80. The second-order valence-electron chi connectivity index (χ2n) is 6.04. The number of hydrogen-bond donors (Lipinski definition) is 3. The van der Waals surface area contributed by atoms with Crippen LogP contribution < -0.4 is 16.2 Å². The quantitative estimate of drug-likeness (QED) is 0.638. The number of amides is 3. The molecule has 142 valence electrons. The van der Waals surface area contributed by atoms with Gasteiger partial charge in [-0.25, -0.2) is 0 Å². The Bertz CT molecular complexity index is 809. The summed E-state index contributed by atoms with van der Waals surface area (Å²) in [7, 11) is 0. The van der Waals surface area contributed by atoms with Crippen molar-refractivity contribution in [3.63, 3.8) is 0 Å². The van der Waals surface area contributed by atoms with Crippen molar-refractivity contribution in [3.05, 3.63) is 64.7 Å². The van der Waals surface area contributed by atoms with E-state index >= 15 is 0 Å². The molecule has 0 radical (unpaired) electrons. The van der Waals surface area contributed by atoms with Crippen LogP contribution in [-0.4, -0.2) is 17.7 Å². The molecule has 2 rings (SSSR count). The van der Waals surface area contributed by atoms with Crippen molar-refractivity contribution in [3.8, 4) is 0 Å². The van der Waals surface area contributed by atoms with Gasteiger partial charge in [0.2, 0.25) is 17.7 Å². The van der Waals surface area contributed by atoms with Gasteiger partial charge in [-0.15, -0.1) is 0 Å². The number of aryl methyl sites for hydroxylation is 1. The van der Waals surface area contributed by atoms with E-state index in [1.165, 1.54) is 0 Å². The molecule has 0 aromatic heterocycles. The number of nitrogens with one attached hydrogen (secondary N) is 3. The lowest BCUT2D eigenvalue weighted by Gasteiger charge is -2.10. The second kappa shape index (κ2) is 10.3. The predicted octanol–water partition coefficient (Wildman–Crippen LogP) is 3.15. The highest BCUT2D eigenvalue weighted by Gasteiger charge is 2.10. The lowest BCUT2D eigenvalue weighted by molar-refractivity contribution is -0.129. The molecular formula is C20H22ClN3O3. The van der Waals surface area contributed by atoms with Crippen LogP contribution in [0.15, 0.2) is 48.5 Å². The lowest BCUT2D eigenvalue weighted by Crippen LogP contribution is -2.41. The van der Waals surface area contributed by atoms with Crippen LogP contribution in [0, 0.1) is 6.92 Å². The summed E-state index contributed by atoms with van der Waals surface area (Å²) in [6.07, 6.45) is 0.810. The molecule has 0 atom stereocenters. The number of benzene rings is 2. The number of hydrogen-bond acceptors (Lipinski definition) is 3. The van der Waals surface area contributed by atoms with E-state index in [2.05, 4.69) is 16.2 Å². The number of carbonyl (C=O) groups is 3. The highest BCUT2D eigenvalue weighted by Crippen LogP contribution is 2.23. The van der Waals surface area contributed by atoms with Crippen LogP contribution in [-0.2, 0) is 20.8 Å². The van der Waals surface area contributed by atoms with Crippen molar-refractivity contribution in [2.45, 2.75) is 32.6 Å². The summed E-state index contributed by atoms with van der Waals surface area (Å²) in [5.74, 6) is -1.02. The maximum Gasteiger partial charge on any atom is 0.238 e. The van der Waals surface area contributed by atoms with Crippen LogP contribution in [0.1, 0.15) is 30.4 Å². The molecule has 3 N–H and O–H groups in total. The summed E-state index contributed by atoms with van der Waals surface area (Å²) in [4.78, 5) is 35.5. The van der Waals surface area contributed by atoms with E-state index < -0.39 is 5.91 Å². The zero-order valence-electron chi connectivity index (χ0n) is 15.0. The van der Waals surface area contributed by atoms with Crippen molar-refractivity contribution in [2.24, 2.45) is 0 Å². The standard InChI is InChI=1S/C20H22ClN3O3/c1-14-16(21)8-5-9-17(14)22-18(25)12-13-20(27)24-23-19(26)11-10-15-6-3-2-4-7-15/h2-9H,10-13H2,1H3,(H,22,25)(H,23,26)(H,24,27). The molecule has 0 bridgehead atoms. The van der Waals surface area contributed by atoms with Gasteiger partial charge >= 0.3 is 0 Å². The van der Waals surface area contributed by atoms with Gasteiger partial charge in [-0.3, -0.25) is 25.2 Å². The van der Waals surface area contributed by atoms with Gasteiger partial charge in [0.25, 0.3) is 0 Å². The number of carbonyl (C=O) groups excluding carboxylic acids is 3. The SMILES string of the molecule is Cc1c(Cl)cccc1NC(=O)CCC(=O)NNC(=O)CCc1ccccc1. The molecule has 0 unspecified atom stereocenters. The zero-order valence-corrected chi connectivity index (χ0v) is 15.8. The average molecular weight is 388 g/mol. The first-order valence-electron chi connectivity index (χ1n) is 8.62.